The summed E-state index contributed by atoms with van der Waals surface area (Å²) in [5.74, 6) is -0.487. The Hall–Kier alpha value is -2.69. The average molecular weight is 311 g/mol. The Kier molecular flexibility index (Phi) is 5.86. The highest BCUT2D eigenvalue weighted by atomic mass is 16.2. The van der Waals surface area contributed by atoms with Gasteiger partial charge >= 0.3 is 0 Å². The molecule has 0 saturated carbocycles. The average Bonchev–Trinajstić information content (AvgIpc) is 2.57. The van der Waals surface area contributed by atoms with E-state index in [0.717, 1.165) is 17.5 Å². The van der Waals surface area contributed by atoms with E-state index in [0.29, 0.717) is 18.7 Å². The lowest BCUT2D eigenvalue weighted by molar-refractivity contribution is 0.0946. The molecule has 0 saturated heterocycles. The highest BCUT2D eigenvalue weighted by Crippen LogP contribution is 2.05. The van der Waals surface area contributed by atoms with Crippen molar-refractivity contribution < 1.29 is 9.59 Å². The molecular weight excluding hydrogens is 290 g/mol. The summed E-state index contributed by atoms with van der Waals surface area (Å²) < 4.78 is 0. The number of hydrogen-bond acceptors (Lipinski definition) is 3. The van der Waals surface area contributed by atoms with Crippen LogP contribution in [0.4, 0.5) is 0 Å². The number of nitrogens with one attached hydrogen (secondary N) is 2. The van der Waals surface area contributed by atoms with Gasteiger partial charge in [-0.1, -0.05) is 36.8 Å². The number of benzene rings is 1. The summed E-state index contributed by atoms with van der Waals surface area (Å²) in [5, 5.41) is 5.60. The second-order valence-corrected chi connectivity index (χ2v) is 5.36. The molecule has 1 aromatic carbocycles. The molecule has 23 heavy (non-hydrogen) atoms. The van der Waals surface area contributed by atoms with E-state index in [1.807, 2.05) is 38.1 Å². The Morgan fingerprint density at radius 3 is 2.65 bits per heavy atom. The van der Waals surface area contributed by atoms with Gasteiger partial charge in [0.15, 0.2) is 0 Å². The first kappa shape index (κ1) is 16.7. The van der Waals surface area contributed by atoms with Crippen molar-refractivity contribution in [1.29, 1.82) is 0 Å². The van der Waals surface area contributed by atoms with Gasteiger partial charge in [-0.25, -0.2) is 0 Å². The van der Waals surface area contributed by atoms with Gasteiger partial charge in [0.1, 0.15) is 5.69 Å². The lowest BCUT2D eigenvalue weighted by atomic mass is 10.1. The summed E-state index contributed by atoms with van der Waals surface area (Å²) in [6.45, 7) is 5.02. The van der Waals surface area contributed by atoms with E-state index < -0.39 is 0 Å². The molecule has 0 radical (unpaired) electrons. The van der Waals surface area contributed by atoms with Gasteiger partial charge in [0.25, 0.3) is 11.8 Å². The van der Waals surface area contributed by atoms with E-state index in [9.17, 15) is 9.59 Å². The molecule has 2 amide bonds. The standard InChI is InChI=1S/C18H21N3O2/c1-3-8-20-17(22)15-7-9-19-16(11-15)18(23)21-12-14-6-4-5-13(2)10-14/h4-7,9-11H,3,8,12H2,1-2H3,(H,20,22)(H,21,23). The number of hydrogen-bond donors (Lipinski definition) is 2. The zero-order chi connectivity index (χ0) is 16.7. The maximum Gasteiger partial charge on any atom is 0.270 e. The minimum Gasteiger partial charge on any atom is -0.352 e. The van der Waals surface area contributed by atoms with Crippen molar-refractivity contribution in [1.82, 2.24) is 15.6 Å². The highest BCUT2D eigenvalue weighted by Gasteiger charge is 2.11. The maximum absolute atomic E-state index is 12.2. The number of rotatable bonds is 6. The van der Waals surface area contributed by atoms with Crippen LogP contribution in [-0.4, -0.2) is 23.3 Å². The number of nitrogens with zero attached hydrogens (tertiary/aromatic N) is 1. The van der Waals surface area contributed by atoms with Crippen molar-refractivity contribution in [3.05, 3.63) is 65.0 Å². The van der Waals surface area contributed by atoms with E-state index in [1.54, 1.807) is 6.07 Å². The quantitative estimate of drug-likeness (QED) is 0.861. The van der Waals surface area contributed by atoms with Crippen LogP contribution in [0.25, 0.3) is 0 Å². The molecule has 1 heterocycles. The van der Waals surface area contributed by atoms with Crippen molar-refractivity contribution >= 4 is 11.8 Å². The highest BCUT2D eigenvalue weighted by molar-refractivity contribution is 5.98. The van der Waals surface area contributed by atoms with Crippen LogP contribution in [0.5, 0.6) is 0 Å². The van der Waals surface area contributed by atoms with E-state index in [1.165, 1.54) is 12.3 Å². The first-order valence-electron chi connectivity index (χ1n) is 7.68. The molecule has 0 aliphatic rings. The first-order chi connectivity index (χ1) is 11.1. The largest absolute Gasteiger partial charge is 0.352 e. The topological polar surface area (TPSA) is 71.1 Å². The normalized spacial score (nSPS) is 10.2. The molecule has 5 heteroatoms. The fourth-order valence-electron chi connectivity index (χ4n) is 2.13. The zero-order valence-corrected chi connectivity index (χ0v) is 13.4. The van der Waals surface area contributed by atoms with Gasteiger partial charge in [-0.15, -0.1) is 0 Å². The number of carbonyl (C=O) groups is 2. The van der Waals surface area contributed by atoms with Gasteiger partial charge in [0.2, 0.25) is 0 Å². The van der Waals surface area contributed by atoms with Crippen LogP contribution in [0.2, 0.25) is 0 Å². The predicted octanol–water partition coefficient (Wildman–Crippen LogP) is 2.46. The Labute approximate surface area is 136 Å². The van der Waals surface area contributed by atoms with Crippen LogP contribution in [-0.2, 0) is 6.54 Å². The number of carbonyl (C=O) groups excluding carboxylic acids is 2. The second-order valence-electron chi connectivity index (χ2n) is 5.36. The van der Waals surface area contributed by atoms with Crippen molar-refractivity contribution in [2.75, 3.05) is 6.54 Å². The Morgan fingerprint density at radius 2 is 1.91 bits per heavy atom. The van der Waals surface area contributed by atoms with Crippen molar-refractivity contribution in [2.45, 2.75) is 26.8 Å². The van der Waals surface area contributed by atoms with Gasteiger partial charge in [-0.2, -0.15) is 0 Å². The molecule has 5 nitrogen and oxygen atoms in total. The van der Waals surface area contributed by atoms with Crippen LogP contribution in [0, 0.1) is 6.92 Å². The van der Waals surface area contributed by atoms with Crippen LogP contribution in [0.15, 0.2) is 42.6 Å². The van der Waals surface area contributed by atoms with Crippen LogP contribution < -0.4 is 10.6 Å². The Bertz CT molecular complexity index is 698. The lowest BCUT2D eigenvalue weighted by Gasteiger charge is -2.07. The second kappa shape index (κ2) is 8.08. The van der Waals surface area contributed by atoms with E-state index in [4.69, 9.17) is 0 Å². The summed E-state index contributed by atoms with van der Waals surface area (Å²) in [6, 6.07) is 11.0. The molecule has 0 spiro atoms. The van der Waals surface area contributed by atoms with E-state index in [-0.39, 0.29) is 17.5 Å². The monoisotopic (exact) mass is 311 g/mol. The molecule has 0 fully saturated rings. The number of amides is 2. The summed E-state index contributed by atoms with van der Waals surface area (Å²) in [7, 11) is 0. The molecule has 2 rings (SSSR count). The molecule has 0 aliphatic carbocycles. The van der Waals surface area contributed by atoms with Crippen LogP contribution in [0.3, 0.4) is 0 Å². The molecule has 0 unspecified atom stereocenters. The van der Waals surface area contributed by atoms with Gasteiger partial charge in [0.05, 0.1) is 0 Å². The van der Waals surface area contributed by atoms with Crippen molar-refractivity contribution in [3.8, 4) is 0 Å². The minimum absolute atomic E-state index is 0.193. The van der Waals surface area contributed by atoms with Gasteiger partial charge in [-0.3, -0.25) is 14.6 Å². The third kappa shape index (κ3) is 4.92. The third-order valence-corrected chi connectivity index (χ3v) is 3.33. The summed E-state index contributed by atoms with van der Waals surface area (Å²) in [4.78, 5) is 28.2. The molecule has 1 aromatic heterocycles. The molecule has 0 aliphatic heterocycles. The Morgan fingerprint density at radius 1 is 1.09 bits per heavy atom. The third-order valence-electron chi connectivity index (χ3n) is 3.33. The first-order valence-corrected chi connectivity index (χ1v) is 7.68. The van der Waals surface area contributed by atoms with Gasteiger partial charge < -0.3 is 10.6 Å². The molecule has 120 valence electrons. The fraction of sp³-hybridized carbons (Fsp3) is 0.278. The molecule has 0 atom stereocenters. The smallest absolute Gasteiger partial charge is 0.270 e. The maximum atomic E-state index is 12.2. The Balaban J connectivity index is 2.00. The minimum atomic E-state index is -0.295. The van der Waals surface area contributed by atoms with Crippen molar-refractivity contribution in [2.24, 2.45) is 0 Å². The van der Waals surface area contributed by atoms with Crippen LogP contribution in [0.1, 0.15) is 45.3 Å². The van der Waals surface area contributed by atoms with Crippen LogP contribution >= 0.6 is 0 Å². The SMILES string of the molecule is CCCNC(=O)c1ccnc(C(=O)NCc2cccc(C)c2)c1. The van der Waals surface area contributed by atoms with E-state index >= 15 is 0 Å². The summed E-state index contributed by atoms with van der Waals surface area (Å²) in [6.07, 6.45) is 2.34. The number of aromatic nitrogens is 1. The predicted molar refractivity (Wildman–Crippen MR) is 89.2 cm³/mol. The summed E-state index contributed by atoms with van der Waals surface area (Å²) >= 11 is 0. The van der Waals surface area contributed by atoms with Crippen molar-refractivity contribution in [3.63, 3.8) is 0 Å². The molecule has 0 bridgehead atoms. The van der Waals surface area contributed by atoms with Gasteiger partial charge in [-0.05, 0) is 31.0 Å². The molecule has 2 N–H and O–H groups in total. The molecule has 2 aromatic rings. The number of aryl methyl sites for hydroxylation is 1. The fourth-order valence-corrected chi connectivity index (χ4v) is 2.13. The van der Waals surface area contributed by atoms with E-state index in [2.05, 4.69) is 15.6 Å². The molecular formula is C18H21N3O2. The summed E-state index contributed by atoms with van der Waals surface area (Å²) in [5.41, 5.74) is 2.84. The number of pyridine rings is 1. The lowest BCUT2D eigenvalue weighted by Crippen LogP contribution is -2.26. The van der Waals surface area contributed by atoms with Gasteiger partial charge in [0, 0.05) is 24.8 Å². The zero-order valence-electron chi connectivity index (χ0n) is 13.4.